The zero-order valence-corrected chi connectivity index (χ0v) is 23.5. The van der Waals surface area contributed by atoms with Crippen LogP contribution < -0.4 is 0 Å². The minimum Gasteiger partial charge on any atom is -0.481 e. The molecule has 3 saturated carbocycles. The first-order chi connectivity index (χ1) is 17.1. The van der Waals surface area contributed by atoms with Crippen molar-refractivity contribution in [3.63, 3.8) is 0 Å². The quantitative estimate of drug-likeness (QED) is 0.413. The minimum atomic E-state index is -0.691. The molecular weight excluding hydrogens is 464 g/mol. The van der Waals surface area contributed by atoms with Crippen LogP contribution in [0.5, 0.6) is 0 Å². The first-order valence-electron chi connectivity index (χ1n) is 13.9. The first-order valence-corrected chi connectivity index (χ1v) is 13.9. The third kappa shape index (κ3) is 3.59. The number of fused-ring (bicyclic) bond motifs is 7. The molecule has 5 heteroatoms. The van der Waals surface area contributed by atoms with E-state index in [1.165, 1.54) is 12.5 Å². The second-order valence-corrected chi connectivity index (χ2v) is 14.0. The fourth-order valence-electron chi connectivity index (χ4n) is 9.31. The molecule has 6 atom stereocenters. The molecule has 5 nitrogen and oxygen atoms in total. The van der Waals surface area contributed by atoms with Gasteiger partial charge in [0.1, 0.15) is 0 Å². The lowest BCUT2D eigenvalue weighted by atomic mass is 9.34. The van der Waals surface area contributed by atoms with E-state index in [2.05, 4.69) is 46.8 Å². The summed E-state index contributed by atoms with van der Waals surface area (Å²) in [6.45, 7) is 15.1. The molecule has 5 rings (SSSR count). The van der Waals surface area contributed by atoms with Crippen LogP contribution in [0, 0.1) is 33.0 Å². The molecule has 0 amide bonds. The molecule has 0 aromatic rings. The second-order valence-electron chi connectivity index (χ2n) is 14.0. The van der Waals surface area contributed by atoms with Crippen LogP contribution in [0.25, 0.3) is 0 Å². The number of carboxylic acids is 1. The average Bonchev–Trinajstić information content (AvgIpc) is 2.79. The number of rotatable bonds is 3. The Hall–Kier alpha value is -2.43. The maximum absolute atomic E-state index is 13.1. The summed E-state index contributed by atoms with van der Waals surface area (Å²) < 4.78 is 5.32. The lowest BCUT2D eigenvalue weighted by molar-refractivity contribution is -0.167. The van der Waals surface area contributed by atoms with Gasteiger partial charge in [0, 0.05) is 17.9 Å². The standard InChI is InChI=1S/C32H42O5/c1-19-21-8-9-24-30(5,22(21)16-23(34)27(19)37-20(2)33)13-15-32(7)25-17-28(3,18-26(35)36)10-11-29(25,4)12-14-31(24,32)6/h8-9,16,25H,10-15,17-18H2,1-7H3,(H,35,36)/t25-,28-,29-,30+,31-,32+/m1/s1. The summed E-state index contributed by atoms with van der Waals surface area (Å²) in [7, 11) is 0. The molecular formula is C32H42O5. The maximum atomic E-state index is 13.1. The van der Waals surface area contributed by atoms with Crippen molar-refractivity contribution in [2.24, 2.45) is 33.0 Å². The minimum absolute atomic E-state index is 0.0455. The van der Waals surface area contributed by atoms with Crippen LogP contribution in [0.2, 0.25) is 0 Å². The number of hydrogen-bond donors (Lipinski definition) is 1. The van der Waals surface area contributed by atoms with Crippen LogP contribution in [0.3, 0.4) is 0 Å². The Labute approximate surface area is 221 Å². The number of esters is 1. The first kappa shape index (κ1) is 26.2. The fourth-order valence-corrected chi connectivity index (χ4v) is 9.31. The normalized spacial score (nSPS) is 42.8. The Kier molecular flexibility index (Phi) is 5.69. The molecule has 37 heavy (non-hydrogen) atoms. The summed E-state index contributed by atoms with van der Waals surface area (Å²) >= 11 is 0. The zero-order chi connectivity index (χ0) is 27.2. The molecule has 1 N–H and O–H groups in total. The number of ether oxygens (including phenoxy) is 1. The number of carboxylic acid groups (broad SMARTS) is 1. The van der Waals surface area contributed by atoms with Gasteiger partial charge in [-0.3, -0.25) is 14.4 Å². The molecule has 0 bridgehead atoms. The van der Waals surface area contributed by atoms with Crippen molar-refractivity contribution >= 4 is 17.7 Å². The molecule has 0 radical (unpaired) electrons. The highest BCUT2D eigenvalue weighted by molar-refractivity contribution is 6.08. The Morgan fingerprint density at radius 3 is 2.32 bits per heavy atom. The van der Waals surface area contributed by atoms with Crippen LogP contribution in [0.1, 0.15) is 99.8 Å². The summed E-state index contributed by atoms with van der Waals surface area (Å²) in [6, 6.07) is 0. The molecule has 0 aliphatic heterocycles. The Balaban J connectivity index is 1.60. The van der Waals surface area contributed by atoms with Gasteiger partial charge in [-0.15, -0.1) is 0 Å². The van der Waals surface area contributed by atoms with Gasteiger partial charge in [0.15, 0.2) is 5.76 Å². The number of ketones is 1. The van der Waals surface area contributed by atoms with Gasteiger partial charge in [-0.25, -0.2) is 0 Å². The molecule has 0 unspecified atom stereocenters. The van der Waals surface area contributed by atoms with Crippen LogP contribution in [0.4, 0.5) is 0 Å². The van der Waals surface area contributed by atoms with Crippen molar-refractivity contribution in [1.29, 1.82) is 0 Å². The van der Waals surface area contributed by atoms with Crippen LogP contribution in [-0.2, 0) is 19.1 Å². The number of carbonyl (C=O) groups excluding carboxylic acids is 2. The van der Waals surface area contributed by atoms with Crippen molar-refractivity contribution in [2.75, 3.05) is 0 Å². The van der Waals surface area contributed by atoms with Crippen molar-refractivity contribution in [2.45, 2.75) is 99.8 Å². The van der Waals surface area contributed by atoms with E-state index < -0.39 is 11.9 Å². The van der Waals surface area contributed by atoms with Crippen LogP contribution >= 0.6 is 0 Å². The average molecular weight is 507 g/mol. The van der Waals surface area contributed by atoms with Gasteiger partial charge in [-0.2, -0.15) is 0 Å². The molecule has 0 saturated heterocycles. The van der Waals surface area contributed by atoms with Gasteiger partial charge in [-0.05, 0) is 96.7 Å². The topological polar surface area (TPSA) is 80.7 Å². The summed E-state index contributed by atoms with van der Waals surface area (Å²) in [5.74, 6) is -0.806. The second kappa shape index (κ2) is 8.04. The van der Waals surface area contributed by atoms with Crippen molar-refractivity contribution in [1.82, 2.24) is 0 Å². The van der Waals surface area contributed by atoms with Crippen molar-refractivity contribution in [3.05, 3.63) is 46.3 Å². The predicted molar refractivity (Wildman–Crippen MR) is 142 cm³/mol. The number of hydrogen-bond acceptors (Lipinski definition) is 4. The maximum Gasteiger partial charge on any atom is 0.308 e. The Morgan fingerprint density at radius 1 is 1.00 bits per heavy atom. The van der Waals surface area contributed by atoms with E-state index >= 15 is 0 Å². The van der Waals surface area contributed by atoms with Gasteiger partial charge in [0.05, 0.1) is 6.42 Å². The Bertz CT molecular complexity index is 1230. The molecule has 0 aromatic heterocycles. The molecule has 0 heterocycles. The highest BCUT2D eigenvalue weighted by Gasteiger charge is 2.66. The Morgan fingerprint density at radius 2 is 1.68 bits per heavy atom. The van der Waals surface area contributed by atoms with Crippen LogP contribution in [-0.4, -0.2) is 22.8 Å². The smallest absolute Gasteiger partial charge is 0.308 e. The SMILES string of the molecule is CC(=O)OC1=C(C)C2=CC=C3[C@@](C)(CC[C@@]4(C)[C@@H]5C[C@](C)(CC(=O)O)CC[C@]5(C)CC[C@]34C)C2=CC1=O. The number of allylic oxidation sites excluding steroid dienone is 7. The summed E-state index contributed by atoms with van der Waals surface area (Å²) in [4.78, 5) is 36.5. The molecule has 200 valence electrons. The summed E-state index contributed by atoms with van der Waals surface area (Å²) in [6.07, 6.45) is 13.7. The zero-order valence-electron chi connectivity index (χ0n) is 23.5. The molecule has 3 fully saturated rings. The van der Waals surface area contributed by atoms with Gasteiger partial charge < -0.3 is 9.84 Å². The van der Waals surface area contributed by atoms with E-state index in [1.54, 1.807) is 6.08 Å². The third-order valence-corrected chi connectivity index (χ3v) is 11.8. The van der Waals surface area contributed by atoms with Crippen molar-refractivity contribution < 1.29 is 24.2 Å². The van der Waals surface area contributed by atoms with Gasteiger partial charge in [0.25, 0.3) is 0 Å². The largest absolute Gasteiger partial charge is 0.481 e. The van der Waals surface area contributed by atoms with Gasteiger partial charge in [0.2, 0.25) is 5.78 Å². The number of aliphatic carboxylic acids is 1. The molecule has 0 aromatic carbocycles. The summed E-state index contributed by atoms with van der Waals surface area (Å²) in [5.41, 5.74) is 4.00. The lowest BCUT2D eigenvalue weighted by Gasteiger charge is -2.70. The monoisotopic (exact) mass is 506 g/mol. The van der Waals surface area contributed by atoms with Crippen molar-refractivity contribution in [3.8, 4) is 0 Å². The van der Waals surface area contributed by atoms with Gasteiger partial charge >= 0.3 is 11.9 Å². The van der Waals surface area contributed by atoms with E-state index in [1.807, 2.05) is 6.92 Å². The molecule has 0 spiro atoms. The van der Waals surface area contributed by atoms with E-state index in [9.17, 15) is 19.5 Å². The molecule has 5 aliphatic carbocycles. The lowest BCUT2D eigenvalue weighted by Crippen LogP contribution is -2.61. The number of carbonyl (C=O) groups is 3. The highest BCUT2D eigenvalue weighted by Crippen LogP contribution is 2.75. The predicted octanol–water partition coefficient (Wildman–Crippen LogP) is 7.09. The van der Waals surface area contributed by atoms with Gasteiger partial charge in [-0.1, -0.05) is 52.3 Å². The summed E-state index contributed by atoms with van der Waals surface area (Å²) in [5, 5.41) is 9.67. The fraction of sp³-hybridized carbons (Fsp3) is 0.656. The molecule has 5 aliphatic rings. The van der Waals surface area contributed by atoms with E-state index in [0.29, 0.717) is 5.92 Å². The highest BCUT2D eigenvalue weighted by atomic mass is 16.5. The third-order valence-electron chi connectivity index (χ3n) is 11.8. The van der Waals surface area contributed by atoms with E-state index in [-0.39, 0.29) is 45.0 Å². The van der Waals surface area contributed by atoms with E-state index in [0.717, 1.165) is 61.7 Å². The van der Waals surface area contributed by atoms with Crippen LogP contribution in [0.15, 0.2) is 46.3 Å². The van der Waals surface area contributed by atoms with E-state index in [4.69, 9.17) is 4.74 Å².